The minimum Gasteiger partial charge on any atom is -0.494 e. The first-order chi connectivity index (χ1) is 10.6. The highest BCUT2D eigenvalue weighted by molar-refractivity contribution is 6.30. The molecule has 0 aliphatic rings. The van der Waals surface area contributed by atoms with Crippen molar-refractivity contribution in [3.63, 3.8) is 0 Å². The minimum atomic E-state index is 0.0733. The van der Waals surface area contributed by atoms with E-state index in [1.165, 1.54) is 0 Å². The van der Waals surface area contributed by atoms with Crippen LogP contribution in [0.25, 0.3) is 0 Å². The highest BCUT2D eigenvalue weighted by Gasteiger charge is 2.10. The van der Waals surface area contributed by atoms with E-state index in [0.29, 0.717) is 24.6 Å². The Bertz CT molecular complexity index is 625. The van der Waals surface area contributed by atoms with Crippen LogP contribution in [0.3, 0.4) is 0 Å². The SMILES string of the molecule is CCOc1ccc(CC(=O)N(C)Cc2cccc(Cl)c2)cc1. The molecule has 2 rings (SSSR count). The lowest BCUT2D eigenvalue weighted by molar-refractivity contribution is -0.129. The summed E-state index contributed by atoms with van der Waals surface area (Å²) in [6.07, 6.45) is 0.378. The van der Waals surface area contributed by atoms with Gasteiger partial charge in [-0.1, -0.05) is 35.9 Å². The molecule has 0 saturated heterocycles. The van der Waals surface area contributed by atoms with E-state index in [4.69, 9.17) is 16.3 Å². The van der Waals surface area contributed by atoms with Crippen LogP contribution in [-0.2, 0) is 17.8 Å². The summed E-state index contributed by atoms with van der Waals surface area (Å²) in [6.45, 7) is 3.14. The molecule has 22 heavy (non-hydrogen) atoms. The normalized spacial score (nSPS) is 10.3. The van der Waals surface area contributed by atoms with Gasteiger partial charge in [-0.3, -0.25) is 4.79 Å². The molecule has 3 nitrogen and oxygen atoms in total. The molecule has 0 aromatic heterocycles. The van der Waals surface area contributed by atoms with E-state index in [1.807, 2.05) is 55.5 Å². The van der Waals surface area contributed by atoms with Gasteiger partial charge in [-0.05, 0) is 42.3 Å². The number of carbonyl (C=O) groups excluding carboxylic acids is 1. The van der Waals surface area contributed by atoms with Crippen molar-refractivity contribution in [2.45, 2.75) is 19.9 Å². The molecule has 0 heterocycles. The molecule has 0 atom stereocenters. The largest absolute Gasteiger partial charge is 0.494 e. The fourth-order valence-corrected chi connectivity index (χ4v) is 2.39. The molecule has 1 amide bonds. The lowest BCUT2D eigenvalue weighted by atomic mass is 10.1. The predicted octanol–water partition coefficient (Wildman–Crippen LogP) is 3.94. The summed E-state index contributed by atoms with van der Waals surface area (Å²) in [4.78, 5) is 14.0. The van der Waals surface area contributed by atoms with Gasteiger partial charge in [0.05, 0.1) is 13.0 Å². The summed E-state index contributed by atoms with van der Waals surface area (Å²) in [5.41, 5.74) is 2.00. The fraction of sp³-hybridized carbons (Fsp3) is 0.278. The Hall–Kier alpha value is -2.00. The van der Waals surface area contributed by atoms with Crippen LogP contribution in [0.15, 0.2) is 48.5 Å². The third kappa shape index (κ3) is 4.78. The number of hydrogen-bond acceptors (Lipinski definition) is 2. The van der Waals surface area contributed by atoms with Gasteiger partial charge in [0.1, 0.15) is 5.75 Å². The molecule has 0 N–H and O–H groups in total. The van der Waals surface area contributed by atoms with Gasteiger partial charge < -0.3 is 9.64 Å². The van der Waals surface area contributed by atoms with Crippen LogP contribution in [-0.4, -0.2) is 24.5 Å². The summed E-state index contributed by atoms with van der Waals surface area (Å²) in [6, 6.07) is 15.2. The summed E-state index contributed by atoms with van der Waals surface area (Å²) in [7, 11) is 1.80. The van der Waals surface area contributed by atoms with Gasteiger partial charge in [0.15, 0.2) is 0 Å². The number of carbonyl (C=O) groups is 1. The zero-order chi connectivity index (χ0) is 15.9. The van der Waals surface area contributed by atoms with Crippen molar-refractivity contribution >= 4 is 17.5 Å². The molecular weight excluding hydrogens is 298 g/mol. The number of amides is 1. The number of nitrogens with zero attached hydrogens (tertiary/aromatic N) is 1. The first kappa shape index (κ1) is 16.4. The van der Waals surface area contributed by atoms with E-state index >= 15 is 0 Å². The van der Waals surface area contributed by atoms with Crippen LogP contribution >= 0.6 is 11.6 Å². The number of halogens is 1. The molecule has 0 radical (unpaired) electrons. The van der Waals surface area contributed by atoms with Gasteiger partial charge in [0.2, 0.25) is 5.91 Å². The number of hydrogen-bond donors (Lipinski definition) is 0. The Morgan fingerprint density at radius 3 is 2.50 bits per heavy atom. The zero-order valence-corrected chi connectivity index (χ0v) is 13.6. The molecule has 0 unspecified atom stereocenters. The Morgan fingerprint density at radius 1 is 1.14 bits per heavy atom. The second-order valence-electron chi connectivity index (χ2n) is 5.13. The van der Waals surface area contributed by atoms with E-state index in [2.05, 4.69) is 0 Å². The second kappa shape index (κ2) is 7.85. The number of likely N-dealkylation sites (N-methyl/N-ethyl adjacent to an activating group) is 1. The first-order valence-corrected chi connectivity index (χ1v) is 7.66. The third-order valence-corrected chi connectivity index (χ3v) is 3.56. The fourth-order valence-electron chi connectivity index (χ4n) is 2.18. The molecule has 2 aromatic carbocycles. The van der Waals surface area contributed by atoms with E-state index in [0.717, 1.165) is 16.9 Å². The quantitative estimate of drug-likeness (QED) is 0.807. The van der Waals surface area contributed by atoms with Gasteiger partial charge in [-0.15, -0.1) is 0 Å². The zero-order valence-electron chi connectivity index (χ0n) is 12.9. The Kier molecular flexibility index (Phi) is 5.84. The standard InChI is InChI=1S/C18H20ClNO2/c1-3-22-17-9-7-14(8-10-17)12-18(21)20(2)13-15-5-4-6-16(19)11-15/h4-11H,3,12-13H2,1-2H3. The van der Waals surface area contributed by atoms with Crippen LogP contribution in [0.2, 0.25) is 5.02 Å². The van der Waals surface area contributed by atoms with Crippen molar-refractivity contribution in [3.05, 3.63) is 64.7 Å². The molecule has 0 aliphatic heterocycles. The van der Waals surface area contributed by atoms with Gasteiger partial charge in [0.25, 0.3) is 0 Å². The average Bonchev–Trinajstić information content (AvgIpc) is 2.49. The van der Waals surface area contributed by atoms with Crippen molar-refractivity contribution in [2.75, 3.05) is 13.7 Å². The van der Waals surface area contributed by atoms with Crippen LogP contribution in [0, 0.1) is 0 Å². The second-order valence-corrected chi connectivity index (χ2v) is 5.57. The van der Waals surface area contributed by atoms with Crippen molar-refractivity contribution in [1.29, 1.82) is 0 Å². The van der Waals surface area contributed by atoms with Gasteiger partial charge >= 0.3 is 0 Å². The van der Waals surface area contributed by atoms with Gasteiger partial charge in [-0.2, -0.15) is 0 Å². The molecule has 0 fully saturated rings. The smallest absolute Gasteiger partial charge is 0.227 e. The predicted molar refractivity (Wildman–Crippen MR) is 89.2 cm³/mol. The maximum atomic E-state index is 12.3. The lowest BCUT2D eigenvalue weighted by Gasteiger charge is -2.17. The number of ether oxygens (including phenoxy) is 1. The molecule has 4 heteroatoms. The third-order valence-electron chi connectivity index (χ3n) is 3.32. The van der Waals surface area contributed by atoms with E-state index in [-0.39, 0.29) is 5.91 Å². The topological polar surface area (TPSA) is 29.5 Å². The van der Waals surface area contributed by atoms with E-state index in [1.54, 1.807) is 11.9 Å². The van der Waals surface area contributed by atoms with E-state index in [9.17, 15) is 4.79 Å². The Balaban J connectivity index is 1.93. The summed E-state index contributed by atoms with van der Waals surface area (Å²) in [5.74, 6) is 0.898. The van der Waals surface area contributed by atoms with Crippen LogP contribution in [0.4, 0.5) is 0 Å². The summed E-state index contributed by atoms with van der Waals surface area (Å²) in [5, 5.41) is 0.685. The highest BCUT2D eigenvalue weighted by Crippen LogP contribution is 2.15. The molecule has 116 valence electrons. The Labute approximate surface area is 136 Å². The lowest BCUT2D eigenvalue weighted by Crippen LogP contribution is -2.27. The maximum Gasteiger partial charge on any atom is 0.227 e. The van der Waals surface area contributed by atoms with Crippen LogP contribution in [0.1, 0.15) is 18.1 Å². The first-order valence-electron chi connectivity index (χ1n) is 7.28. The molecule has 0 spiro atoms. The number of benzene rings is 2. The molecule has 0 aliphatic carbocycles. The van der Waals surface area contributed by atoms with Gasteiger partial charge in [0, 0.05) is 18.6 Å². The van der Waals surface area contributed by atoms with E-state index < -0.39 is 0 Å². The monoisotopic (exact) mass is 317 g/mol. The molecular formula is C18H20ClNO2. The maximum absolute atomic E-state index is 12.3. The van der Waals surface area contributed by atoms with Gasteiger partial charge in [-0.25, -0.2) is 0 Å². The minimum absolute atomic E-state index is 0.0733. The average molecular weight is 318 g/mol. The molecule has 0 bridgehead atoms. The molecule has 0 saturated carbocycles. The van der Waals surface area contributed by atoms with Crippen LogP contribution < -0.4 is 4.74 Å². The Morgan fingerprint density at radius 2 is 1.86 bits per heavy atom. The van der Waals surface area contributed by atoms with Crippen molar-refractivity contribution in [1.82, 2.24) is 4.90 Å². The van der Waals surface area contributed by atoms with Crippen LogP contribution in [0.5, 0.6) is 5.75 Å². The van der Waals surface area contributed by atoms with Crippen molar-refractivity contribution in [2.24, 2.45) is 0 Å². The summed E-state index contributed by atoms with van der Waals surface area (Å²) >= 11 is 5.96. The highest BCUT2D eigenvalue weighted by atomic mass is 35.5. The van der Waals surface area contributed by atoms with Crippen molar-refractivity contribution in [3.8, 4) is 5.75 Å². The van der Waals surface area contributed by atoms with Crippen molar-refractivity contribution < 1.29 is 9.53 Å². The molecule has 2 aromatic rings. The number of rotatable bonds is 6. The summed E-state index contributed by atoms with van der Waals surface area (Å²) < 4.78 is 5.40.